The van der Waals surface area contributed by atoms with Crippen LogP contribution in [0.2, 0.25) is 0 Å². The summed E-state index contributed by atoms with van der Waals surface area (Å²) in [6.45, 7) is 3.25. The van der Waals surface area contributed by atoms with Gasteiger partial charge in [0.25, 0.3) is 0 Å². The normalized spacial score (nSPS) is 12.0. The lowest BCUT2D eigenvalue weighted by atomic mass is 9.91. The topological polar surface area (TPSA) is 44.5 Å². The minimum absolute atomic E-state index is 0.234. The molecule has 0 aliphatic carbocycles. The summed E-state index contributed by atoms with van der Waals surface area (Å²) >= 11 is 0. The van der Waals surface area contributed by atoms with Gasteiger partial charge in [0.1, 0.15) is 11.5 Å². The van der Waals surface area contributed by atoms with E-state index in [1.807, 2.05) is 37.3 Å². The van der Waals surface area contributed by atoms with Gasteiger partial charge in [-0.05, 0) is 49.2 Å². The quantitative estimate of drug-likeness (QED) is 0.848. The van der Waals surface area contributed by atoms with Crippen LogP contribution < -0.4 is 15.2 Å². The van der Waals surface area contributed by atoms with Gasteiger partial charge in [0.15, 0.2) is 0 Å². The second kappa shape index (κ2) is 7.70. The first-order chi connectivity index (χ1) is 10.3. The second-order valence-corrected chi connectivity index (χ2v) is 4.96. The van der Waals surface area contributed by atoms with Crippen LogP contribution >= 0.6 is 0 Å². The molecule has 3 nitrogen and oxygen atoms in total. The summed E-state index contributed by atoms with van der Waals surface area (Å²) in [5.74, 6) is 2.04. The van der Waals surface area contributed by atoms with Crippen LogP contribution in [0.15, 0.2) is 48.5 Å². The molecule has 2 rings (SSSR count). The van der Waals surface area contributed by atoms with Crippen molar-refractivity contribution in [3.05, 3.63) is 59.7 Å². The molecule has 0 saturated carbocycles. The molecule has 2 aromatic carbocycles. The van der Waals surface area contributed by atoms with E-state index < -0.39 is 0 Å². The van der Waals surface area contributed by atoms with E-state index in [0.29, 0.717) is 13.2 Å². The highest BCUT2D eigenvalue weighted by Gasteiger charge is 2.15. The average Bonchev–Trinajstić information content (AvgIpc) is 2.53. The molecular weight excluding hydrogens is 262 g/mol. The summed E-state index contributed by atoms with van der Waals surface area (Å²) in [4.78, 5) is 0. The SMILES string of the molecule is CCOc1cccc(CC(CN)c2ccccc2OC)c1. The molecule has 0 spiro atoms. The number of hydrogen-bond acceptors (Lipinski definition) is 3. The van der Waals surface area contributed by atoms with E-state index in [2.05, 4.69) is 18.2 Å². The molecule has 21 heavy (non-hydrogen) atoms. The van der Waals surface area contributed by atoms with Crippen molar-refractivity contribution in [1.29, 1.82) is 0 Å². The van der Waals surface area contributed by atoms with Crippen LogP contribution in [0.25, 0.3) is 0 Å². The smallest absolute Gasteiger partial charge is 0.122 e. The van der Waals surface area contributed by atoms with Gasteiger partial charge < -0.3 is 15.2 Å². The van der Waals surface area contributed by atoms with Crippen LogP contribution in [0.3, 0.4) is 0 Å². The van der Waals surface area contributed by atoms with Gasteiger partial charge in [0.05, 0.1) is 13.7 Å². The molecule has 1 unspecified atom stereocenters. The maximum atomic E-state index is 5.99. The lowest BCUT2D eigenvalue weighted by Gasteiger charge is -2.18. The van der Waals surface area contributed by atoms with Gasteiger partial charge in [-0.25, -0.2) is 0 Å². The number of ether oxygens (including phenoxy) is 2. The minimum atomic E-state index is 0.234. The Hall–Kier alpha value is -2.00. The Balaban J connectivity index is 2.20. The molecule has 2 aromatic rings. The first kappa shape index (κ1) is 15.4. The Kier molecular flexibility index (Phi) is 5.64. The van der Waals surface area contributed by atoms with Crippen LogP contribution in [-0.4, -0.2) is 20.3 Å². The number of hydrogen-bond donors (Lipinski definition) is 1. The first-order valence-corrected chi connectivity index (χ1v) is 7.33. The summed E-state index contributed by atoms with van der Waals surface area (Å²) in [6, 6.07) is 16.3. The fourth-order valence-corrected chi connectivity index (χ4v) is 2.54. The lowest BCUT2D eigenvalue weighted by molar-refractivity contribution is 0.340. The summed E-state index contributed by atoms with van der Waals surface area (Å²) in [5, 5.41) is 0. The van der Waals surface area contributed by atoms with Gasteiger partial charge in [-0.15, -0.1) is 0 Å². The molecule has 0 saturated heterocycles. The second-order valence-electron chi connectivity index (χ2n) is 4.96. The van der Waals surface area contributed by atoms with Crippen LogP contribution in [0.5, 0.6) is 11.5 Å². The van der Waals surface area contributed by atoms with Gasteiger partial charge >= 0.3 is 0 Å². The van der Waals surface area contributed by atoms with Crippen molar-refractivity contribution < 1.29 is 9.47 Å². The average molecular weight is 285 g/mol. The van der Waals surface area contributed by atoms with Crippen LogP contribution in [0.4, 0.5) is 0 Å². The van der Waals surface area contributed by atoms with Gasteiger partial charge in [0, 0.05) is 5.92 Å². The third-order valence-corrected chi connectivity index (χ3v) is 3.55. The maximum absolute atomic E-state index is 5.99. The highest BCUT2D eigenvalue weighted by Crippen LogP contribution is 2.29. The lowest BCUT2D eigenvalue weighted by Crippen LogP contribution is -2.16. The summed E-state index contributed by atoms with van der Waals surface area (Å²) in [5.41, 5.74) is 8.37. The largest absolute Gasteiger partial charge is 0.496 e. The highest BCUT2D eigenvalue weighted by molar-refractivity contribution is 5.38. The molecule has 0 aromatic heterocycles. The number of benzene rings is 2. The number of nitrogens with two attached hydrogens (primary N) is 1. The summed E-state index contributed by atoms with van der Waals surface area (Å²) in [7, 11) is 1.70. The van der Waals surface area contributed by atoms with E-state index in [9.17, 15) is 0 Å². The number of para-hydroxylation sites is 1. The Labute approximate surface area is 126 Å². The van der Waals surface area contributed by atoms with Crippen molar-refractivity contribution in [2.75, 3.05) is 20.3 Å². The molecule has 3 heteroatoms. The maximum Gasteiger partial charge on any atom is 0.122 e. The van der Waals surface area contributed by atoms with Crippen molar-refractivity contribution in [2.45, 2.75) is 19.3 Å². The third-order valence-electron chi connectivity index (χ3n) is 3.55. The summed E-state index contributed by atoms with van der Waals surface area (Å²) in [6.07, 6.45) is 0.873. The highest BCUT2D eigenvalue weighted by atomic mass is 16.5. The van der Waals surface area contributed by atoms with Gasteiger partial charge in [0.2, 0.25) is 0 Å². The molecule has 0 aliphatic heterocycles. The van der Waals surface area contributed by atoms with Crippen molar-refractivity contribution >= 4 is 0 Å². The Morgan fingerprint density at radius 1 is 1.10 bits per heavy atom. The van der Waals surface area contributed by atoms with E-state index in [4.69, 9.17) is 15.2 Å². The van der Waals surface area contributed by atoms with E-state index in [0.717, 1.165) is 23.5 Å². The van der Waals surface area contributed by atoms with Gasteiger partial charge in [-0.3, -0.25) is 0 Å². The molecule has 0 aliphatic rings. The minimum Gasteiger partial charge on any atom is -0.496 e. The molecule has 2 N–H and O–H groups in total. The predicted octanol–water partition coefficient (Wildman–Crippen LogP) is 3.38. The number of methoxy groups -OCH3 is 1. The zero-order valence-electron chi connectivity index (χ0n) is 12.7. The molecule has 0 bridgehead atoms. The van der Waals surface area contributed by atoms with Crippen LogP contribution in [-0.2, 0) is 6.42 Å². The molecule has 0 fully saturated rings. The van der Waals surface area contributed by atoms with Crippen molar-refractivity contribution in [3.8, 4) is 11.5 Å². The van der Waals surface area contributed by atoms with Crippen molar-refractivity contribution in [2.24, 2.45) is 5.73 Å². The zero-order chi connectivity index (χ0) is 15.1. The molecule has 0 heterocycles. The van der Waals surface area contributed by atoms with Gasteiger partial charge in [-0.1, -0.05) is 30.3 Å². The summed E-state index contributed by atoms with van der Waals surface area (Å²) < 4.78 is 11.0. The molecular formula is C18H23NO2. The Bertz CT molecular complexity index is 569. The molecule has 0 amide bonds. The zero-order valence-corrected chi connectivity index (χ0v) is 12.7. The Morgan fingerprint density at radius 2 is 1.90 bits per heavy atom. The van der Waals surface area contributed by atoms with Crippen LogP contribution in [0, 0.1) is 0 Å². The van der Waals surface area contributed by atoms with Crippen molar-refractivity contribution in [3.63, 3.8) is 0 Å². The Morgan fingerprint density at radius 3 is 2.62 bits per heavy atom. The standard InChI is InChI=1S/C18H23NO2/c1-3-21-16-8-6-7-14(12-16)11-15(13-19)17-9-4-5-10-18(17)20-2/h4-10,12,15H,3,11,13,19H2,1-2H3. The fraction of sp³-hybridized carbons (Fsp3) is 0.333. The van der Waals surface area contributed by atoms with E-state index in [-0.39, 0.29) is 5.92 Å². The van der Waals surface area contributed by atoms with Crippen LogP contribution in [0.1, 0.15) is 24.0 Å². The van der Waals surface area contributed by atoms with E-state index in [1.54, 1.807) is 7.11 Å². The molecule has 1 atom stereocenters. The predicted molar refractivity (Wildman–Crippen MR) is 86.1 cm³/mol. The monoisotopic (exact) mass is 285 g/mol. The van der Waals surface area contributed by atoms with E-state index in [1.165, 1.54) is 5.56 Å². The van der Waals surface area contributed by atoms with Crippen molar-refractivity contribution in [1.82, 2.24) is 0 Å². The molecule has 0 radical (unpaired) electrons. The number of rotatable bonds is 7. The third kappa shape index (κ3) is 3.99. The fourth-order valence-electron chi connectivity index (χ4n) is 2.54. The van der Waals surface area contributed by atoms with Gasteiger partial charge in [-0.2, -0.15) is 0 Å². The molecule has 112 valence electrons. The first-order valence-electron chi connectivity index (χ1n) is 7.33. The van der Waals surface area contributed by atoms with E-state index >= 15 is 0 Å².